The first-order valence-electron chi connectivity index (χ1n) is 10.3. The Kier molecular flexibility index (Phi) is 12.0. The third-order valence-corrected chi connectivity index (χ3v) is 4.92. The summed E-state index contributed by atoms with van der Waals surface area (Å²) in [6.07, 6.45) is 16.4. The quantitative estimate of drug-likeness (QED) is 0.274. The molecule has 0 bridgehead atoms. The summed E-state index contributed by atoms with van der Waals surface area (Å²) >= 11 is 0. The average Bonchev–Trinajstić information content (AvgIpc) is 2.96. The Labute approximate surface area is 158 Å². The number of esters is 1. The Balaban J connectivity index is 2.25. The monoisotopic (exact) mass is 364 g/mol. The first-order chi connectivity index (χ1) is 12.6. The number of hydrogen-bond acceptors (Lipinski definition) is 4. The van der Waals surface area contributed by atoms with Crippen LogP contribution in [0.2, 0.25) is 0 Å². The van der Waals surface area contributed by atoms with Crippen molar-refractivity contribution in [3.8, 4) is 0 Å². The van der Waals surface area contributed by atoms with Gasteiger partial charge in [0.1, 0.15) is 0 Å². The van der Waals surface area contributed by atoms with Crippen LogP contribution < -0.4 is 0 Å². The Morgan fingerprint density at radius 3 is 2.69 bits per heavy atom. The van der Waals surface area contributed by atoms with E-state index in [0.29, 0.717) is 13.0 Å². The minimum Gasteiger partial charge on any atom is -0.466 e. The SMILES string of the molecule is CCCCC[C@H](O)/C=C/[C@H]1C=CC(=O)[C@H]1CCCCCCC(=O)OCC. The van der Waals surface area contributed by atoms with Crippen molar-refractivity contribution in [1.29, 1.82) is 0 Å². The maximum absolute atomic E-state index is 12.1. The topological polar surface area (TPSA) is 63.6 Å². The summed E-state index contributed by atoms with van der Waals surface area (Å²) in [6, 6.07) is 0. The lowest BCUT2D eigenvalue weighted by atomic mass is 9.88. The lowest BCUT2D eigenvalue weighted by Crippen LogP contribution is -2.15. The molecular weight excluding hydrogens is 328 g/mol. The van der Waals surface area contributed by atoms with Crippen LogP contribution in [0, 0.1) is 11.8 Å². The van der Waals surface area contributed by atoms with E-state index in [0.717, 1.165) is 57.8 Å². The predicted octanol–water partition coefficient (Wildman–Crippen LogP) is 4.76. The third-order valence-electron chi connectivity index (χ3n) is 4.92. The molecule has 0 amide bonds. The molecule has 0 aromatic carbocycles. The van der Waals surface area contributed by atoms with Crippen LogP contribution in [0.15, 0.2) is 24.3 Å². The fourth-order valence-electron chi connectivity index (χ4n) is 3.36. The van der Waals surface area contributed by atoms with Gasteiger partial charge in [-0.05, 0) is 32.3 Å². The second kappa shape index (κ2) is 13.7. The van der Waals surface area contributed by atoms with E-state index in [9.17, 15) is 14.7 Å². The highest BCUT2D eigenvalue weighted by Gasteiger charge is 2.27. The molecule has 1 aliphatic rings. The number of rotatable bonds is 14. The first-order valence-corrected chi connectivity index (χ1v) is 10.3. The zero-order valence-corrected chi connectivity index (χ0v) is 16.5. The van der Waals surface area contributed by atoms with Crippen LogP contribution >= 0.6 is 0 Å². The number of ketones is 1. The maximum atomic E-state index is 12.1. The number of aliphatic hydroxyl groups is 1. The van der Waals surface area contributed by atoms with Gasteiger partial charge in [0.2, 0.25) is 0 Å². The van der Waals surface area contributed by atoms with Gasteiger partial charge in [-0.25, -0.2) is 0 Å². The first kappa shape index (κ1) is 22.6. The Hall–Kier alpha value is -1.42. The molecule has 3 atom stereocenters. The standard InChI is InChI=1S/C22H36O4/c1-3-5-8-11-19(23)16-14-18-15-17-21(24)20(18)12-9-6-7-10-13-22(25)26-4-2/h14-20,23H,3-13H2,1-2H3/b16-14+/t18-,19-,20-/m0/s1. The molecule has 0 unspecified atom stereocenters. The molecule has 0 radical (unpaired) electrons. The van der Waals surface area contributed by atoms with Crippen LogP contribution in [0.25, 0.3) is 0 Å². The second-order valence-electron chi connectivity index (χ2n) is 7.15. The van der Waals surface area contributed by atoms with Crippen LogP contribution in [0.3, 0.4) is 0 Å². The molecule has 1 aliphatic carbocycles. The summed E-state index contributed by atoms with van der Waals surface area (Å²) in [5.74, 6) is 0.207. The normalized spacial score (nSPS) is 20.8. The molecule has 0 fully saturated rings. The van der Waals surface area contributed by atoms with Crippen molar-refractivity contribution < 1.29 is 19.4 Å². The van der Waals surface area contributed by atoms with E-state index in [4.69, 9.17) is 4.74 Å². The number of carbonyl (C=O) groups is 2. The number of carbonyl (C=O) groups excluding carboxylic acids is 2. The molecule has 148 valence electrons. The molecule has 26 heavy (non-hydrogen) atoms. The Bertz CT molecular complexity index is 467. The number of hydrogen-bond donors (Lipinski definition) is 1. The van der Waals surface area contributed by atoms with E-state index in [1.54, 1.807) is 6.08 Å². The summed E-state index contributed by atoms with van der Waals surface area (Å²) in [6.45, 7) is 4.41. The van der Waals surface area contributed by atoms with Crippen molar-refractivity contribution in [2.24, 2.45) is 11.8 Å². The van der Waals surface area contributed by atoms with Crippen LogP contribution in [0.4, 0.5) is 0 Å². The van der Waals surface area contributed by atoms with Crippen molar-refractivity contribution in [3.05, 3.63) is 24.3 Å². The molecular formula is C22H36O4. The minimum atomic E-state index is -0.408. The van der Waals surface area contributed by atoms with Gasteiger partial charge in [0.25, 0.3) is 0 Å². The summed E-state index contributed by atoms with van der Waals surface area (Å²) < 4.78 is 4.91. The highest BCUT2D eigenvalue weighted by molar-refractivity contribution is 5.94. The largest absolute Gasteiger partial charge is 0.466 e. The van der Waals surface area contributed by atoms with E-state index >= 15 is 0 Å². The van der Waals surface area contributed by atoms with E-state index < -0.39 is 6.10 Å². The molecule has 1 rings (SSSR count). The summed E-state index contributed by atoms with van der Waals surface area (Å²) in [4.78, 5) is 23.4. The molecule has 0 heterocycles. The van der Waals surface area contributed by atoms with Gasteiger partial charge < -0.3 is 9.84 Å². The maximum Gasteiger partial charge on any atom is 0.305 e. The summed E-state index contributed by atoms with van der Waals surface area (Å²) in [5, 5.41) is 10.0. The van der Waals surface area contributed by atoms with Crippen LogP contribution in [0.1, 0.15) is 78.1 Å². The van der Waals surface area contributed by atoms with Crippen LogP contribution in [-0.2, 0) is 14.3 Å². The van der Waals surface area contributed by atoms with Crippen molar-refractivity contribution in [3.63, 3.8) is 0 Å². The number of unbranched alkanes of at least 4 members (excludes halogenated alkanes) is 5. The van der Waals surface area contributed by atoms with Gasteiger partial charge in [0.05, 0.1) is 12.7 Å². The number of allylic oxidation sites excluding steroid dienone is 3. The highest BCUT2D eigenvalue weighted by Crippen LogP contribution is 2.29. The summed E-state index contributed by atoms with van der Waals surface area (Å²) in [7, 11) is 0. The predicted molar refractivity (Wildman–Crippen MR) is 105 cm³/mol. The molecule has 0 spiro atoms. The molecule has 0 aliphatic heterocycles. The zero-order chi connectivity index (χ0) is 19.2. The van der Waals surface area contributed by atoms with Gasteiger partial charge in [0, 0.05) is 18.3 Å². The van der Waals surface area contributed by atoms with Gasteiger partial charge in [-0.3, -0.25) is 9.59 Å². The number of ether oxygens (including phenoxy) is 1. The van der Waals surface area contributed by atoms with Crippen LogP contribution in [0.5, 0.6) is 0 Å². The molecule has 1 N–H and O–H groups in total. The molecule has 0 aromatic heterocycles. The van der Waals surface area contributed by atoms with Crippen molar-refractivity contribution in [1.82, 2.24) is 0 Å². The van der Waals surface area contributed by atoms with Crippen molar-refractivity contribution in [2.45, 2.75) is 84.2 Å². The zero-order valence-electron chi connectivity index (χ0n) is 16.5. The highest BCUT2D eigenvalue weighted by atomic mass is 16.5. The molecule has 4 heteroatoms. The van der Waals surface area contributed by atoms with E-state index in [2.05, 4.69) is 6.92 Å². The van der Waals surface area contributed by atoms with Gasteiger partial charge in [-0.1, -0.05) is 63.7 Å². The Morgan fingerprint density at radius 2 is 1.96 bits per heavy atom. The van der Waals surface area contributed by atoms with Crippen LogP contribution in [-0.4, -0.2) is 29.6 Å². The fraction of sp³-hybridized carbons (Fsp3) is 0.727. The lowest BCUT2D eigenvalue weighted by molar-refractivity contribution is -0.143. The summed E-state index contributed by atoms with van der Waals surface area (Å²) in [5.41, 5.74) is 0. The Morgan fingerprint density at radius 1 is 1.19 bits per heavy atom. The molecule has 0 aromatic rings. The van der Waals surface area contributed by atoms with E-state index in [1.807, 2.05) is 25.2 Å². The molecule has 0 saturated carbocycles. The smallest absolute Gasteiger partial charge is 0.305 e. The van der Waals surface area contributed by atoms with Crippen molar-refractivity contribution in [2.75, 3.05) is 6.61 Å². The average molecular weight is 365 g/mol. The van der Waals surface area contributed by atoms with Gasteiger partial charge in [-0.15, -0.1) is 0 Å². The molecule has 4 nitrogen and oxygen atoms in total. The fourth-order valence-corrected chi connectivity index (χ4v) is 3.36. The van der Waals surface area contributed by atoms with Gasteiger partial charge in [-0.2, -0.15) is 0 Å². The van der Waals surface area contributed by atoms with Crippen molar-refractivity contribution >= 4 is 11.8 Å². The number of aliphatic hydroxyl groups excluding tert-OH is 1. The van der Waals surface area contributed by atoms with E-state index in [-0.39, 0.29) is 23.6 Å². The lowest BCUT2D eigenvalue weighted by Gasteiger charge is -2.15. The molecule has 0 saturated heterocycles. The second-order valence-corrected chi connectivity index (χ2v) is 7.15. The van der Waals surface area contributed by atoms with Gasteiger partial charge >= 0.3 is 5.97 Å². The minimum absolute atomic E-state index is 0.0131. The third kappa shape index (κ3) is 9.33. The van der Waals surface area contributed by atoms with Gasteiger partial charge in [0.15, 0.2) is 5.78 Å². The van der Waals surface area contributed by atoms with E-state index in [1.165, 1.54) is 0 Å².